The van der Waals surface area contributed by atoms with Crippen LogP contribution in [-0.4, -0.2) is 9.55 Å². The average molecular weight is 249 g/mol. The molecule has 0 fully saturated rings. The fourth-order valence-electron chi connectivity index (χ4n) is 2.17. The Bertz CT molecular complexity index is 699. The second-order valence-electron chi connectivity index (χ2n) is 4.51. The minimum Gasteiger partial charge on any atom is -0.369 e. The molecule has 0 unspecified atom stereocenters. The van der Waals surface area contributed by atoms with Gasteiger partial charge in [0.2, 0.25) is 5.95 Å². The highest BCUT2D eigenvalue weighted by molar-refractivity contribution is 5.62. The first-order valence-electron chi connectivity index (χ1n) is 6.22. The maximum atomic E-state index is 6.03. The molecule has 0 radical (unpaired) electrons. The van der Waals surface area contributed by atoms with Crippen LogP contribution in [-0.2, 0) is 0 Å². The van der Waals surface area contributed by atoms with Crippen LogP contribution in [0.4, 0.5) is 5.95 Å². The van der Waals surface area contributed by atoms with E-state index in [4.69, 9.17) is 5.73 Å². The number of nitrogens with zero attached hydrogens (tertiary/aromatic N) is 2. The lowest BCUT2D eigenvalue weighted by Crippen LogP contribution is -2.00. The smallest absolute Gasteiger partial charge is 0.205 e. The fourth-order valence-corrected chi connectivity index (χ4v) is 2.17. The Kier molecular flexibility index (Phi) is 2.80. The first-order chi connectivity index (χ1) is 9.25. The van der Waals surface area contributed by atoms with Crippen LogP contribution in [0.5, 0.6) is 0 Å². The van der Waals surface area contributed by atoms with E-state index in [0.29, 0.717) is 5.95 Å². The molecule has 0 saturated carbocycles. The van der Waals surface area contributed by atoms with Gasteiger partial charge in [-0.25, -0.2) is 4.98 Å². The summed E-state index contributed by atoms with van der Waals surface area (Å²) in [7, 11) is 0. The molecule has 0 atom stereocenters. The van der Waals surface area contributed by atoms with E-state index in [9.17, 15) is 0 Å². The van der Waals surface area contributed by atoms with Gasteiger partial charge in [0.05, 0.1) is 11.4 Å². The van der Waals surface area contributed by atoms with E-state index < -0.39 is 0 Å². The molecular weight excluding hydrogens is 234 g/mol. The van der Waals surface area contributed by atoms with Gasteiger partial charge >= 0.3 is 0 Å². The summed E-state index contributed by atoms with van der Waals surface area (Å²) < 4.78 is 1.93. The van der Waals surface area contributed by atoms with Crippen LogP contribution in [0.25, 0.3) is 16.9 Å². The van der Waals surface area contributed by atoms with Crippen LogP contribution in [0.3, 0.4) is 0 Å². The summed E-state index contributed by atoms with van der Waals surface area (Å²) in [6, 6.07) is 18.2. The van der Waals surface area contributed by atoms with E-state index in [1.165, 1.54) is 5.56 Å². The van der Waals surface area contributed by atoms with Gasteiger partial charge in [0.1, 0.15) is 0 Å². The number of rotatable bonds is 2. The number of nitrogen functional groups attached to an aromatic ring is 1. The first-order valence-corrected chi connectivity index (χ1v) is 6.22. The number of nitrogens with two attached hydrogens (primary N) is 1. The number of aryl methyl sites for hydroxylation is 1. The number of imidazole rings is 1. The van der Waals surface area contributed by atoms with Gasteiger partial charge in [0, 0.05) is 11.8 Å². The Morgan fingerprint density at radius 1 is 0.947 bits per heavy atom. The monoisotopic (exact) mass is 249 g/mol. The van der Waals surface area contributed by atoms with E-state index in [1.807, 2.05) is 59.3 Å². The Hall–Kier alpha value is -2.55. The van der Waals surface area contributed by atoms with Gasteiger partial charge in [0.15, 0.2) is 0 Å². The lowest BCUT2D eigenvalue weighted by Gasteiger charge is -2.07. The van der Waals surface area contributed by atoms with Crippen molar-refractivity contribution in [2.24, 2.45) is 0 Å². The van der Waals surface area contributed by atoms with Crippen molar-refractivity contribution in [3.05, 3.63) is 66.4 Å². The van der Waals surface area contributed by atoms with Crippen LogP contribution in [0.15, 0.2) is 60.8 Å². The quantitative estimate of drug-likeness (QED) is 0.756. The minimum atomic E-state index is 0.508. The molecule has 1 aromatic heterocycles. The molecule has 3 nitrogen and oxygen atoms in total. The zero-order chi connectivity index (χ0) is 13.2. The lowest BCUT2D eigenvalue weighted by atomic mass is 10.2. The van der Waals surface area contributed by atoms with Gasteiger partial charge < -0.3 is 5.73 Å². The first kappa shape index (κ1) is 11.5. The SMILES string of the molecule is Cc1ccccc1-n1cc(-c2ccccc2)nc1N. The summed E-state index contributed by atoms with van der Waals surface area (Å²) in [6.07, 6.45) is 1.98. The van der Waals surface area contributed by atoms with E-state index in [1.54, 1.807) is 0 Å². The van der Waals surface area contributed by atoms with Crippen LogP contribution >= 0.6 is 0 Å². The van der Waals surface area contributed by atoms with Crippen molar-refractivity contribution in [2.75, 3.05) is 5.73 Å². The molecule has 2 aromatic carbocycles. The third kappa shape index (κ3) is 2.10. The predicted molar refractivity (Wildman–Crippen MR) is 78.1 cm³/mol. The molecule has 0 aliphatic carbocycles. The molecule has 0 aliphatic rings. The van der Waals surface area contributed by atoms with E-state index in [2.05, 4.69) is 18.0 Å². The molecule has 3 aromatic rings. The number of hydrogen-bond donors (Lipinski definition) is 1. The molecule has 0 saturated heterocycles. The molecule has 0 bridgehead atoms. The van der Waals surface area contributed by atoms with Crippen LogP contribution in [0.1, 0.15) is 5.56 Å². The highest BCUT2D eigenvalue weighted by Crippen LogP contribution is 2.23. The number of benzene rings is 2. The number of hydrogen-bond acceptors (Lipinski definition) is 2. The number of anilines is 1. The average Bonchev–Trinajstić information content (AvgIpc) is 2.82. The zero-order valence-electron chi connectivity index (χ0n) is 10.7. The molecule has 2 N–H and O–H groups in total. The van der Waals surface area contributed by atoms with Crippen molar-refractivity contribution in [1.29, 1.82) is 0 Å². The Morgan fingerprint density at radius 2 is 1.63 bits per heavy atom. The van der Waals surface area contributed by atoms with Crippen molar-refractivity contribution in [1.82, 2.24) is 9.55 Å². The molecule has 3 heteroatoms. The number of para-hydroxylation sites is 1. The van der Waals surface area contributed by atoms with Crippen molar-refractivity contribution in [3.63, 3.8) is 0 Å². The minimum absolute atomic E-state index is 0.508. The van der Waals surface area contributed by atoms with E-state index in [0.717, 1.165) is 16.9 Å². The van der Waals surface area contributed by atoms with Gasteiger partial charge in [-0.3, -0.25) is 4.57 Å². The van der Waals surface area contributed by atoms with E-state index >= 15 is 0 Å². The van der Waals surface area contributed by atoms with Crippen LogP contribution in [0, 0.1) is 6.92 Å². The largest absolute Gasteiger partial charge is 0.369 e. The van der Waals surface area contributed by atoms with Gasteiger partial charge in [-0.15, -0.1) is 0 Å². The molecule has 94 valence electrons. The molecule has 0 aliphatic heterocycles. The topological polar surface area (TPSA) is 43.8 Å². The molecule has 0 spiro atoms. The standard InChI is InChI=1S/C16H15N3/c1-12-7-5-6-10-15(12)19-11-14(18-16(19)17)13-8-3-2-4-9-13/h2-11H,1H3,(H2,17,18). The fraction of sp³-hybridized carbons (Fsp3) is 0.0625. The molecule has 3 rings (SSSR count). The molecule has 19 heavy (non-hydrogen) atoms. The maximum Gasteiger partial charge on any atom is 0.205 e. The predicted octanol–water partition coefficient (Wildman–Crippen LogP) is 3.43. The summed E-state index contributed by atoms with van der Waals surface area (Å²) in [6.45, 7) is 2.07. The van der Waals surface area contributed by atoms with Crippen LogP contribution in [0.2, 0.25) is 0 Å². The zero-order valence-corrected chi connectivity index (χ0v) is 10.7. The van der Waals surface area contributed by atoms with Gasteiger partial charge in [-0.2, -0.15) is 0 Å². The number of aromatic nitrogens is 2. The second-order valence-corrected chi connectivity index (χ2v) is 4.51. The summed E-state index contributed by atoms with van der Waals surface area (Å²) >= 11 is 0. The van der Waals surface area contributed by atoms with Gasteiger partial charge in [0.25, 0.3) is 0 Å². The summed E-state index contributed by atoms with van der Waals surface area (Å²) in [5.41, 5.74) is 10.2. The second kappa shape index (κ2) is 4.61. The van der Waals surface area contributed by atoms with Crippen molar-refractivity contribution < 1.29 is 0 Å². The van der Waals surface area contributed by atoms with Crippen molar-refractivity contribution >= 4 is 5.95 Å². The Labute approximate surface area is 112 Å². The summed E-state index contributed by atoms with van der Waals surface area (Å²) in [5, 5.41) is 0. The molecule has 1 heterocycles. The lowest BCUT2D eigenvalue weighted by molar-refractivity contribution is 1.06. The highest BCUT2D eigenvalue weighted by atomic mass is 15.1. The highest BCUT2D eigenvalue weighted by Gasteiger charge is 2.09. The van der Waals surface area contributed by atoms with Gasteiger partial charge in [-0.1, -0.05) is 48.5 Å². The molecular formula is C16H15N3. The Morgan fingerprint density at radius 3 is 2.37 bits per heavy atom. The summed E-state index contributed by atoms with van der Waals surface area (Å²) in [5.74, 6) is 0.508. The molecule has 0 amide bonds. The van der Waals surface area contributed by atoms with Gasteiger partial charge in [-0.05, 0) is 18.6 Å². The van der Waals surface area contributed by atoms with Crippen molar-refractivity contribution in [2.45, 2.75) is 6.92 Å². The normalized spacial score (nSPS) is 10.6. The Balaban J connectivity index is 2.11. The third-order valence-corrected chi connectivity index (χ3v) is 3.18. The summed E-state index contributed by atoms with van der Waals surface area (Å²) in [4.78, 5) is 4.44. The third-order valence-electron chi connectivity index (χ3n) is 3.18. The maximum absolute atomic E-state index is 6.03. The van der Waals surface area contributed by atoms with Crippen LogP contribution < -0.4 is 5.73 Å². The van der Waals surface area contributed by atoms with Crippen molar-refractivity contribution in [3.8, 4) is 16.9 Å². The van der Waals surface area contributed by atoms with E-state index in [-0.39, 0.29) is 0 Å².